The van der Waals surface area contributed by atoms with Crippen molar-refractivity contribution in [1.82, 2.24) is 4.90 Å². The standard InChI is InChI=1S/C24H15Cl4NO6S/c1-33-23(31)19-5-3-14(35-19)10-29-22(30)20(36-24(29)32)9-13-7-17(27)21(18(28)8-13)34-11-12-2-4-15(25)16(26)6-12/h2-9H,10-11H2,1H3/b20-9+. The highest BCUT2D eigenvalue weighted by molar-refractivity contribution is 8.18. The number of ether oxygens (including phenoxy) is 2. The summed E-state index contributed by atoms with van der Waals surface area (Å²) in [4.78, 5) is 38.0. The van der Waals surface area contributed by atoms with Crippen LogP contribution < -0.4 is 4.74 Å². The second-order valence-electron chi connectivity index (χ2n) is 7.38. The molecule has 0 radical (unpaired) electrons. The number of hydrogen-bond acceptors (Lipinski definition) is 7. The van der Waals surface area contributed by atoms with Crippen LogP contribution in [0.25, 0.3) is 6.08 Å². The van der Waals surface area contributed by atoms with Crippen LogP contribution in [0.3, 0.4) is 0 Å². The minimum Gasteiger partial charge on any atom is -0.486 e. The van der Waals surface area contributed by atoms with Crippen LogP contribution in [0.15, 0.2) is 51.8 Å². The molecule has 1 saturated heterocycles. The Morgan fingerprint density at radius 3 is 2.39 bits per heavy atom. The summed E-state index contributed by atoms with van der Waals surface area (Å²) in [6, 6.07) is 11.1. The number of rotatable bonds is 7. The largest absolute Gasteiger partial charge is 0.486 e. The van der Waals surface area contributed by atoms with E-state index >= 15 is 0 Å². The molecule has 3 aromatic rings. The summed E-state index contributed by atoms with van der Waals surface area (Å²) in [5.41, 5.74) is 1.27. The van der Waals surface area contributed by atoms with E-state index in [1.165, 1.54) is 25.3 Å². The Morgan fingerprint density at radius 1 is 1.00 bits per heavy atom. The lowest BCUT2D eigenvalue weighted by Crippen LogP contribution is -2.27. The first-order valence-corrected chi connectivity index (χ1v) is 12.5. The summed E-state index contributed by atoms with van der Waals surface area (Å²) >= 11 is 25.5. The van der Waals surface area contributed by atoms with Gasteiger partial charge in [0.1, 0.15) is 12.4 Å². The predicted molar refractivity (Wildman–Crippen MR) is 139 cm³/mol. The zero-order chi connectivity index (χ0) is 26.0. The molecule has 36 heavy (non-hydrogen) atoms. The van der Waals surface area contributed by atoms with Crippen LogP contribution in [-0.2, 0) is 22.7 Å². The number of halogens is 4. The van der Waals surface area contributed by atoms with Gasteiger partial charge < -0.3 is 13.9 Å². The molecular weight excluding hydrogens is 572 g/mol. The molecule has 1 aliphatic heterocycles. The average Bonchev–Trinajstić information content (AvgIpc) is 3.41. The number of furan rings is 1. The number of carbonyl (C=O) groups is 3. The van der Waals surface area contributed by atoms with Crippen molar-refractivity contribution in [3.05, 3.63) is 90.1 Å². The van der Waals surface area contributed by atoms with Crippen LogP contribution >= 0.6 is 58.2 Å². The maximum Gasteiger partial charge on any atom is 0.373 e. The van der Waals surface area contributed by atoms with Crippen molar-refractivity contribution in [2.75, 3.05) is 7.11 Å². The molecular formula is C24H15Cl4NO6S. The van der Waals surface area contributed by atoms with Crippen LogP contribution in [0.1, 0.15) is 27.4 Å². The van der Waals surface area contributed by atoms with E-state index in [0.717, 1.165) is 22.2 Å². The van der Waals surface area contributed by atoms with Gasteiger partial charge in [0.05, 0.1) is 38.7 Å². The molecule has 0 aliphatic carbocycles. The van der Waals surface area contributed by atoms with Gasteiger partial charge >= 0.3 is 5.97 Å². The van der Waals surface area contributed by atoms with Crippen molar-refractivity contribution in [2.24, 2.45) is 0 Å². The number of benzene rings is 2. The summed E-state index contributed by atoms with van der Waals surface area (Å²) in [6.45, 7) is 0.0149. The monoisotopic (exact) mass is 585 g/mol. The second kappa shape index (κ2) is 11.2. The Kier molecular flexibility index (Phi) is 8.22. The molecule has 0 N–H and O–H groups in total. The van der Waals surface area contributed by atoms with E-state index in [1.54, 1.807) is 30.3 Å². The third-order valence-electron chi connectivity index (χ3n) is 4.92. The van der Waals surface area contributed by atoms with Crippen molar-refractivity contribution in [3.63, 3.8) is 0 Å². The Balaban J connectivity index is 1.47. The maximum atomic E-state index is 12.8. The number of amides is 2. The maximum absolute atomic E-state index is 12.8. The first kappa shape index (κ1) is 26.4. The molecule has 0 bridgehead atoms. The third-order valence-corrected chi connectivity index (χ3v) is 7.13. The number of imide groups is 1. The first-order chi connectivity index (χ1) is 17.2. The third kappa shape index (κ3) is 5.85. The van der Waals surface area contributed by atoms with Crippen LogP contribution in [0.5, 0.6) is 5.75 Å². The summed E-state index contributed by atoms with van der Waals surface area (Å²) in [5, 5.41) is 0.787. The Labute approximate surface area is 229 Å². The van der Waals surface area contributed by atoms with E-state index in [1.807, 2.05) is 0 Å². The molecule has 2 heterocycles. The lowest BCUT2D eigenvalue weighted by atomic mass is 10.2. The minimum absolute atomic E-state index is 0.0271. The molecule has 1 fully saturated rings. The van der Waals surface area contributed by atoms with Gasteiger partial charge in [0.15, 0.2) is 5.75 Å². The number of nitrogens with zero attached hydrogens (tertiary/aromatic N) is 1. The van der Waals surface area contributed by atoms with Gasteiger partial charge in [0.2, 0.25) is 5.76 Å². The normalized spacial score (nSPS) is 14.6. The molecule has 0 spiro atoms. The minimum atomic E-state index is -0.659. The molecule has 1 aromatic heterocycles. The number of esters is 1. The van der Waals surface area contributed by atoms with E-state index in [0.29, 0.717) is 15.6 Å². The highest BCUT2D eigenvalue weighted by Crippen LogP contribution is 2.38. The Bertz CT molecular complexity index is 1380. The quantitative estimate of drug-likeness (QED) is 0.209. The van der Waals surface area contributed by atoms with E-state index in [2.05, 4.69) is 4.74 Å². The molecule has 0 saturated carbocycles. The van der Waals surface area contributed by atoms with Gasteiger partial charge in [-0.1, -0.05) is 52.5 Å². The van der Waals surface area contributed by atoms with E-state index in [4.69, 9.17) is 55.6 Å². The van der Waals surface area contributed by atoms with Crippen molar-refractivity contribution in [3.8, 4) is 5.75 Å². The fourth-order valence-corrected chi connectivity index (χ4v) is 4.97. The number of thioether (sulfide) groups is 1. The van der Waals surface area contributed by atoms with Crippen LogP contribution in [0.2, 0.25) is 20.1 Å². The summed E-state index contributed by atoms with van der Waals surface area (Å²) in [7, 11) is 1.22. The lowest BCUT2D eigenvalue weighted by molar-refractivity contribution is -0.123. The fraction of sp³-hybridized carbons (Fsp3) is 0.125. The molecule has 7 nitrogen and oxygen atoms in total. The lowest BCUT2D eigenvalue weighted by Gasteiger charge is -2.12. The molecule has 0 atom stereocenters. The Morgan fingerprint density at radius 2 is 1.72 bits per heavy atom. The highest BCUT2D eigenvalue weighted by atomic mass is 35.5. The average molecular weight is 587 g/mol. The fourth-order valence-electron chi connectivity index (χ4n) is 3.20. The van der Waals surface area contributed by atoms with Gasteiger partial charge in [-0.3, -0.25) is 14.5 Å². The predicted octanol–water partition coefficient (Wildman–Crippen LogP) is 7.50. The van der Waals surface area contributed by atoms with Crippen LogP contribution in [0, 0.1) is 0 Å². The SMILES string of the molecule is COC(=O)c1ccc(CN2C(=O)S/C(=C/c3cc(Cl)c(OCc4ccc(Cl)c(Cl)c4)c(Cl)c3)C2=O)o1. The molecule has 2 aromatic carbocycles. The summed E-state index contributed by atoms with van der Waals surface area (Å²) in [6.07, 6.45) is 1.51. The molecule has 4 rings (SSSR count). The van der Waals surface area contributed by atoms with Gasteiger partial charge in [0, 0.05) is 0 Å². The number of methoxy groups -OCH3 is 1. The van der Waals surface area contributed by atoms with E-state index in [-0.39, 0.29) is 45.4 Å². The van der Waals surface area contributed by atoms with E-state index < -0.39 is 17.1 Å². The topological polar surface area (TPSA) is 86.0 Å². The molecule has 12 heteroatoms. The van der Waals surface area contributed by atoms with Crippen LogP contribution in [0.4, 0.5) is 4.79 Å². The second-order valence-corrected chi connectivity index (χ2v) is 10.00. The first-order valence-electron chi connectivity index (χ1n) is 10.1. The molecule has 186 valence electrons. The zero-order valence-electron chi connectivity index (χ0n) is 18.3. The number of carbonyl (C=O) groups excluding carboxylic acids is 3. The van der Waals surface area contributed by atoms with Gasteiger partial charge in [0.25, 0.3) is 11.1 Å². The molecule has 1 aliphatic rings. The molecule has 2 amide bonds. The van der Waals surface area contributed by atoms with E-state index in [9.17, 15) is 14.4 Å². The van der Waals surface area contributed by atoms with Gasteiger partial charge in [-0.05, 0) is 65.4 Å². The van der Waals surface area contributed by atoms with Gasteiger partial charge in [-0.2, -0.15) is 0 Å². The summed E-state index contributed by atoms with van der Waals surface area (Å²) < 4.78 is 15.7. The smallest absolute Gasteiger partial charge is 0.373 e. The highest BCUT2D eigenvalue weighted by Gasteiger charge is 2.36. The zero-order valence-corrected chi connectivity index (χ0v) is 22.2. The van der Waals surface area contributed by atoms with Crippen molar-refractivity contribution in [2.45, 2.75) is 13.2 Å². The van der Waals surface area contributed by atoms with Crippen molar-refractivity contribution < 1.29 is 28.3 Å². The summed E-state index contributed by atoms with van der Waals surface area (Å²) in [5.74, 6) is -0.690. The number of hydrogen-bond donors (Lipinski definition) is 0. The van der Waals surface area contributed by atoms with Crippen molar-refractivity contribution >= 4 is 81.4 Å². The van der Waals surface area contributed by atoms with Gasteiger partial charge in [-0.25, -0.2) is 4.79 Å². The van der Waals surface area contributed by atoms with Gasteiger partial charge in [-0.15, -0.1) is 0 Å². The molecule has 0 unspecified atom stereocenters. The van der Waals surface area contributed by atoms with Crippen molar-refractivity contribution in [1.29, 1.82) is 0 Å². The van der Waals surface area contributed by atoms with Crippen LogP contribution in [-0.4, -0.2) is 29.1 Å². The Hall–Kier alpha value is -2.62.